The molecule has 4 rings (SSSR count). The van der Waals surface area contributed by atoms with Gasteiger partial charge in [0.25, 0.3) is 5.91 Å². The molecule has 0 bridgehead atoms. The van der Waals surface area contributed by atoms with Crippen LogP contribution in [0.4, 0.5) is 10.5 Å². The predicted molar refractivity (Wildman–Crippen MR) is 102 cm³/mol. The van der Waals surface area contributed by atoms with Crippen LogP contribution in [0.5, 0.6) is 0 Å². The van der Waals surface area contributed by atoms with Crippen molar-refractivity contribution < 1.29 is 14.4 Å². The number of para-hydroxylation sites is 1. The van der Waals surface area contributed by atoms with Gasteiger partial charge in [0, 0.05) is 5.69 Å². The second-order valence-electron chi connectivity index (χ2n) is 6.67. The fourth-order valence-corrected chi connectivity index (χ4v) is 3.14. The van der Waals surface area contributed by atoms with E-state index in [1.165, 1.54) is 11.0 Å². The number of anilines is 1. The minimum absolute atomic E-state index is 0.387. The maximum absolute atomic E-state index is 13.0. The summed E-state index contributed by atoms with van der Waals surface area (Å²) >= 11 is 0. The van der Waals surface area contributed by atoms with Crippen LogP contribution in [0, 0.1) is 0 Å². The molecule has 0 aliphatic carbocycles. The number of carbonyl (C=O) groups excluding carboxylic acids is 3. The van der Waals surface area contributed by atoms with Crippen molar-refractivity contribution >= 4 is 23.5 Å². The van der Waals surface area contributed by atoms with Crippen LogP contribution in [-0.2, 0) is 15.1 Å². The number of aromatic nitrogens is 4. The summed E-state index contributed by atoms with van der Waals surface area (Å²) < 4.78 is 1.44. The van der Waals surface area contributed by atoms with Gasteiger partial charge in [-0.2, -0.15) is 0 Å². The SMILES string of the molecule is C[C@]1(c2cccc(-n3cnnn3)c2)NC(=O)N(CC(=O)Nc2ccccc2)C1=O. The van der Waals surface area contributed by atoms with Gasteiger partial charge in [-0.25, -0.2) is 9.48 Å². The van der Waals surface area contributed by atoms with E-state index < -0.39 is 23.4 Å². The van der Waals surface area contributed by atoms with Gasteiger partial charge in [0.2, 0.25) is 5.91 Å². The Hall–Kier alpha value is -4.08. The van der Waals surface area contributed by atoms with Crippen molar-refractivity contribution in [2.45, 2.75) is 12.5 Å². The lowest BCUT2D eigenvalue weighted by molar-refractivity contribution is -0.133. The summed E-state index contributed by atoms with van der Waals surface area (Å²) in [5.41, 5.74) is 0.459. The molecule has 1 aliphatic rings. The highest BCUT2D eigenvalue weighted by Crippen LogP contribution is 2.29. The number of urea groups is 1. The minimum Gasteiger partial charge on any atom is -0.325 e. The van der Waals surface area contributed by atoms with Gasteiger partial charge in [-0.3, -0.25) is 14.5 Å². The number of hydrogen-bond donors (Lipinski definition) is 2. The summed E-state index contributed by atoms with van der Waals surface area (Å²) in [6.07, 6.45) is 1.43. The molecule has 2 N–H and O–H groups in total. The lowest BCUT2D eigenvalue weighted by atomic mass is 9.91. The second-order valence-corrected chi connectivity index (χ2v) is 6.67. The van der Waals surface area contributed by atoms with Gasteiger partial charge in [0.15, 0.2) is 0 Å². The van der Waals surface area contributed by atoms with E-state index in [0.717, 1.165) is 4.90 Å². The minimum atomic E-state index is -1.31. The quantitative estimate of drug-likeness (QED) is 0.628. The largest absolute Gasteiger partial charge is 0.325 e. The Labute approximate surface area is 165 Å². The maximum atomic E-state index is 13.0. The van der Waals surface area contributed by atoms with Gasteiger partial charge in [-0.1, -0.05) is 30.3 Å². The van der Waals surface area contributed by atoms with Crippen molar-refractivity contribution in [3.8, 4) is 5.69 Å². The molecule has 0 spiro atoms. The average Bonchev–Trinajstić information content (AvgIpc) is 3.33. The van der Waals surface area contributed by atoms with E-state index in [4.69, 9.17) is 0 Å². The van der Waals surface area contributed by atoms with E-state index in [0.29, 0.717) is 16.9 Å². The Bertz CT molecular complexity index is 1070. The van der Waals surface area contributed by atoms with Gasteiger partial charge in [0.1, 0.15) is 18.4 Å². The summed E-state index contributed by atoms with van der Waals surface area (Å²) in [6, 6.07) is 15.1. The van der Waals surface area contributed by atoms with Crippen LogP contribution in [0.2, 0.25) is 0 Å². The number of hydrogen-bond acceptors (Lipinski definition) is 6. The molecule has 3 aromatic rings. The number of tetrazole rings is 1. The van der Waals surface area contributed by atoms with Gasteiger partial charge in [-0.05, 0) is 47.2 Å². The highest BCUT2D eigenvalue weighted by atomic mass is 16.2. The Morgan fingerprint density at radius 3 is 2.66 bits per heavy atom. The zero-order valence-electron chi connectivity index (χ0n) is 15.4. The Morgan fingerprint density at radius 2 is 1.93 bits per heavy atom. The van der Waals surface area contributed by atoms with E-state index >= 15 is 0 Å². The summed E-state index contributed by atoms with van der Waals surface area (Å²) in [5.74, 6) is -0.981. The number of nitrogens with zero attached hydrogens (tertiary/aromatic N) is 5. The van der Waals surface area contributed by atoms with E-state index in [1.807, 2.05) is 6.07 Å². The van der Waals surface area contributed by atoms with Crippen LogP contribution < -0.4 is 10.6 Å². The third kappa shape index (κ3) is 3.43. The van der Waals surface area contributed by atoms with Gasteiger partial charge in [-0.15, -0.1) is 5.10 Å². The normalized spacial score (nSPS) is 18.6. The molecule has 0 saturated carbocycles. The lowest BCUT2D eigenvalue weighted by Crippen LogP contribution is -2.42. The number of nitrogens with one attached hydrogen (secondary N) is 2. The fraction of sp³-hybridized carbons (Fsp3) is 0.158. The number of amides is 4. The lowest BCUT2D eigenvalue weighted by Gasteiger charge is -2.22. The monoisotopic (exact) mass is 391 g/mol. The van der Waals surface area contributed by atoms with Crippen molar-refractivity contribution in [2.75, 3.05) is 11.9 Å². The van der Waals surface area contributed by atoms with Gasteiger partial charge >= 0.3 is 6.03 Å². The standard InChI is InChI=1S/C19H17N7O3/c1-19(13-6-5-9-15(10-13)26-12-20-23-24-26)17(28)25(18(29)22-19)11-16(27)21-14-7-3-2-4-8-14/h2-10,12H,11H2,1H3,(H,21,27)(H,22,29)/t19-/m1/s1. The molecule has 10 nitrogen and oxygen atoms in total. The molecule has 1 aromatic heterocycles. The van der Waals surface area contributed by atoms with E-state index in [-0.39, 0.29) is 6.54 Å². The molecule has 1 aliphatic heterocycles. The molecule has 1 atom stereocenters. The molecule has 1 fully saturated rings. The molecule has 0 radical (unpaired) electrons. The third-order valence-corrected chi connectivity index (χ3v) is 4.67. The summed E-state index contributed by atoms with van der Waals surface area (Å²) in [5, 5.41) is 16.4. The topological polar surface area (TPSA) is 122 Å². The van der Waals surface area contributed by atoms with E-state index in [2.05, 4.69) is 26.2 Å². The first-order valence-electron chi connectivity index (χ1n) is 8.80. The van der Waals surface area contributed by atoms with E-state index in [1.54, 1.807) is 55.5 Å². The Balaban J connectivity index is 1.54. The van der Waals surface area contributed by atoms with Crippen LogP contribution in [0.1, 0.15) is 12.5 Å². The second kappa shape index (κ2) is 7.15. The molecular formula is C19H17N7O3. The van der Waals surface area contributed by atoms with Crippen molar-refractivity contribution in [1.82, 2.24) is 30.4 Å². The molecule has 10 heteroatoms. The van der Waals surface area contributed by atoms with Crippen molar-refractivity contribution in [3.63, 3.8) is 0 Å². The first kappa shape index (κ1) is 18.3. The molecule has 146 valence electrons. The molecule has 1 saturated heterocycles. The van der Waals surface area contributed by atoms with Crippen LogP contribution in [0.3, 0.4) is 0 Å². The van der Waals surface area contributed by atoms with Gasteiger partial charge in [0.05, 0.1) is 5.69 Å². The van der Waals surface area contributed by atoms with Crippen LogP contribution >= 0.6 is 0 Å². The molecule has 0 unspecified atom stereocenters. The van der Waals surface area contributed by atoms with Gasteiger partial charge < -0.3 is 10.6 Å². The Morgan fingerprint density at radius 1 is 1.14 bits per heavy atom. The van der Waals surface area contributed by atoms with Crippen LogP contribution in [-0.4, -0.2) is 49.5 Å². The maximum Gasteiger partial charge on any atom is 0.325 e. The third-order valence-electron chi connectivity index (χ3n) is 4.67. The Kier molecular flexibility index (Phi) is 4.51. The zero-order valence-corrected chi connectivity index (χ0v) is 15.4. The van der Waals surface area contributed by atoms with Crippen molar-refractivity contribution in [2.24, 2.45) is 0 Å². The number of carbonyl (C=O) groups is 3. The van der Waals surface area contributed by atoms with Crippen molar-refractivity contribution in [1.29, 1.82) is 0 Å². The van der Waals surface area contributed by atoms with Crippen LogP contribution in [0.25, 0.3) is 5.69 Å². The summed E-state index contributed by atoms with van der Waals surface area (Å²) in [4.78, 5) is 38.7. The highest BCUT2D eigenvalue weighted by Gasteiger charge is 2.49. The highest BCUT2D eigenvalue weighted by molar-refractivity contribution is 6.10. The molecular weight excluding hydrogens is 374 g/mol. The van der Waals surface area contributed by atoms with E-state index in [9.17, 15) is 14.4 Å². The fourth-order valence-electron chi connectivity index (χ4n) is 3.14. The predicted octanol–water partition coefficient (Wildman–Crippen LogP) is 1.07. The first-order valence-corrected chi connectivity index (χ1v) is 8.80. The number of benzene rings is 2. The zero-order chi connectivity index (χ0) is 20.4. The van der Waals surface area contributed by atoms with Crippen LogP contribution in [0.15, 0.2) is 60.9 Å². The average molecular weight is 391 g/mol. The molecule has 2 heterocycles. The molecule has 29 heavy (non-hydrogen) atoms. The van der Waals surface area contributed by atoms with Crippen molar-refractivity contribution in [3.05, 3.63) is 66.5 Å². The molecule has 2 aromatic carbocycles. The summed E-state index contributed by atoms with van der Waals surface area (Å²) in [7, 11) is 0. The first-order chi connectivity index (χ1) is 14.0. The summed E-state index contributed by atoms with van der Waals surface area (Å²) in [6.45, 7) is 1.21. The molecule has 4 amide bonds. The smallest absolute Gasteiger partial charge is 0.325 e. The number of rotatable bonds is 5. The number of imide groups is 1.